The van der Waals surface area contributed by atoms with Crippen LogP contribution >= 0.6 is 0 Å². The summed E-state index contributed by atoms with van der Waals surface area (Å²) in [5.41, 5.74) is 4.37. The van der Waals surface area contributed by atoms with Gasteiger partial charge in [0, 0.05) is 11.3 Å². The molecule has 4 heteroatoms. The number of rotatable bonds is 3. The molecule has 1 aromatic heterocycles. The molecule has 22 heavy (non-hydrogen) atoms. The molecule has 112 valence electrons. The third kappa shape index (κ3) is 2.50. The van der Waals surface area contributed by atoms with Gasteiger partial charge in [0.25, 0.3) is 0 Å². The fraction of sp³-hybridized carbons (Fsp3) is 0.333. The number of nitrogens with zero attached hydrogens (tertiary/aromatic N) is 2. The van der Waals surface area contributed by atoms with E-state index in [9.17, 15) is 5.26 Å². The van der Waals surface area contributed by atoms with Gasteiger partial charge in [0.05, 0.1) is 25.5 Å². The van der Waals surface area contributed by atoms with E-state index in [0.717, 1.165) is 36.3 Å². The molecular formula is C18H18N2O2. The SMILES string of the molecule is COc1ccc(OC)c(-c2nc3c(cc2C#N)CCCC3)c1. The quantitative estimate of drug-likeness (QED) is 0.869. The molecule has 0 amide bonds. The van der Waals surface area contributed by atoms with Gasteiger partial charge in [-0.3, -0.25) is 4.98 Å². The number of nitriles is 1. The fourth-order valence-corrected chi connectivity index (χ4v) is 2.92. The average Bonchev–Trinajstić information content (AvgIpc) is 2.59. The van der Waals surface area contributed by atoms with E-state index in [1.54, 1.807) is 14.2 Å². The smallest absolute Gasteiger partial charge is 0.128 e. The van der Waals surface area contributed by atoms with E-state index in [1.165, 1.54) is 12.0 Å². The minimum absolute atomic E-state index is 0.590. The third-order valence-electron chi connectivity index (χ3n) is 4.08. The molecule has 0 aliphatic heterocycles. The normalized spacial score (nSPS) is 13.1. The maximum atomic E-state index is 9.51. The summed E-state index contributed by atoms with van der Waals surface area (Å²) in [6.07, 6.45) is 4.30. The first-order chi connectivity index (χ1) is 10.8. The fourth-order valence-electron chi connectivity index (χ4n) is 2.92. The van der Waals surface area contributed by atoms with E-state index in [0.29, 0.717) is 17.0 Å². The molecule has 1 heterocycles. The Balaban J connectivity index is 2.21. The maximum absolute atomic E-state index is 9.51. The Hall–Kier alpha value is -2.54. The lowest BCUT2D eigenvalue weighted by Crippen LogP contribution is -2.08. The molecular weight excluding hydrogens is 276 g/mol. The number of fused-ring (bicyclic) bond motifs is 1. The average molecular weight is 294 g/mol. The van der Waals surface area contributed by atoms with Crippen molar-refractivity contribution in [2.75, 3.05) is 14.2 Å². The molecule has 0 unspecified atom stereocenters. The molecule has 3 rings (SSSR count). The Bertz CT molecular complexity index is 747. The van der Waals surface area contributed by atoms with Gasteiger partial charge in [-0.15, -0.1) is 0 Å². The highest BCUT2D eigenvalue weighted by molar-refractivity contribution is 5.74. The summed E-state index contributed by atoms with van der Waals surface area (Å²) in [7, 11) is 3.24. The highest BCUT2D eigenvalue weighted by atomic mass is 16.5. The Morgan fingerprint density at radius 1 is 1.09 bits per heavy atom. The van der Waals surface area contributed by atoms with Crippen LogP contribution in [0.1, 0.15) is 29.7 Å². The van der Waals surface area contributed by atoms with Crippen LogP contribution in [0.2, 0.25) is 0 Å². The first kappa shape index (κ1) is 14.4. The van der Waals surface area contributed by atoms with Gasteiger partial charge in [-0.05, 0) is 55.5 Å². The minimum atomic E-state index is 0.590. The van der Waals surface area contributed by atoms with E-state index in [1.807, 2.05) is 24.3 Å². The maximum Gasteiger partial charge on any atom is 0.128 e. The van der Waals surface area contributed by atoms with Gasteiger partial charge in [0.15, 0.2) is 0 Å². The first-order valence-electron chi connectivity index (χ1n) is 7.42. The zero-order valence-electron chi connectivity index (χ0n) is 12.8. The van der Waals surface area contributed by atoms with Gasteiger partial charge in [0.2, 0.25) is 0 Å². The van der Waals surface area contributed by atoms with Gasteiger partial charge in [-0.2, -0.15) is 5.26 Å². The minimum Gasteiger partial charge on any atom is -0.497 e. The molecule has 1 aromatic carbocycles. The van der Waals surface area contributed by atoms with E-state index in [4.69, 9.17) is 14.5 Å². The molecule has 1 aliphatic rings. The van der Waals surface area contributed by atoms with Crippen molar-refractivity contribution in [2.24, 2.45) is 0 Å². The Kier molecular flexibility index (Phi) is 3.97. The van der Waals surface area contributed by atoms with E-state index >= 15 is 0 Å². The molecule has 2 aromatic rings. The lowest BCUT2D eigenvalue weighted by atomic mass is 9.93. The van der Waals surface area contributed by atoms with Crippen LogP contribution in [0.4, 0.5) is 0 Å². The van der Waals surface area contributed by atoms with Crippen LogP contribution in [0.15, 0.2) is 24.3 Å². The molecule has 0 saturated heterocycles. The molecule has 1 aliphatic carbocycles. The van der Waals surface area contributed by atoms with Crippen LogP contribution in [0.3, 0.4) is 0 Å². The van der Waals surface area contributed by atoms with Crippen molar-refractivity contribution in [3.05, 3.63) is 41.1 Å². The molecule has 0 saturated carbocycles. The van der Waals surface area contributed by atoms with Crippen molar-refractivity contribution in [2.45, 2.75) is 25.7 Å². The van der Waals surface area contributed by atoms with Gasteiger partial charge < -0.3 is 9.47 Å². The third-order valence-corrected chi connectivity index (χ3v) is 4.08. The van der Waals surface area contributed by atoms with E-state index in [2.05, 4.69) is 6.07 Å². The van der Waals surface area contributed by atoms with Crippen LogP contribution in [0.5, 0.6) is 11.5 Å². The van der Waals surface area contributed by atoms with Crippen molar-refractivity contribution in [1.82, 2.24) is 4.98 Å². The van der Waals surface area contributed by atoms with Crippen molar-refractivity contribution >= 4 is 0 Å². The Labute approximate surface area is 130 Å². The number of pyridine rings is 1. The van der Waals surface area contributed by atoms with Crippen molar-refractivity contribution < 1.29 is 9.47 Å². The topological polar surface area (TPSA) is 55.1 Å². The number of benzene rings is 1. The molecule has 0 fully saturated rings. The Morgan fingerprint density at radius 3 is 2.64 bits per heavy atom. The zero-order valence-corrected chi connectivity index (χ0v) is 12.8. The summed E-state index contributed by atoms with van der Waals surface area (Å²) < 4.78 is 10.7. The predicted molar refractivity (Wildman–Crippen MR) is 84.1 cm³/mol. The Morgan fingerprint density at radius 2 is 1.91 bits per heavy atom. The summed E-state index contributed by atoms with van der Waals surface area (Å²) in [6, 6.07) is 9.81. The number of hydrogen-bond acceptors (Lipinski definition) is 4. The molecule has 0 atom stereocenters. The van der Waals surface area contributed by atoms with Crippen molar-refractivity contribution in [1.29, 1.82) is 5.26 Å². The van der Waals surface area contributed by atoms with Crippen LogP contribution in [0.25, 0.3) is 11.3 Å². The highest BCUT2D eigenvalue weighted by Gasteiger charge is 2.19. The second kappa shape index (κ2) is 6.07. The summed E-state index contributed by atoms with van der Waals surface area (Å²) in [5, 5.41) is 9.51. The summed E-state index contributed by atoms with van der Waals surface area (Å²) >= 11 is 0. The van der Waals surface area contributed by atoms with Crippen LogP contribution in [-0.4, -0.2) is 19.2 Å². The predicted octanol–water partition coefficient (Wildman–Crippen LogP) is 3.52. The van der Waals surface area contributed by atoms with Crippen LogP contribution in [0, 0.1) is 11.3 Å². The number of ether oxygens (including phenoxy) is 2. The lowest BCUT2D eigenvalue weighted by molar-refractivity contribution is 0.404. The van der Waals surface area contributed by atoms with E-state index in [-0.39, 0.29) is 0 Å². The van der Waals surface area contributed by atoms with Crippen LogP contribution < -0.4 is 9.47 Å². The van der Waals surface area contributed by atoms with Gasteiger partial charge in [0.1, 0.15) is 17.6 Å². The second-order valence-electron chi connectivity index (χ2n) is 5.38. The largest absolute Gasteiger partial charge is 0.497 e. The zero-order chi connectivity index (χ0) is 15.5. The number of hydrogen-bond donors (Lipinski definition) is 0. The summed E-state index contributed by atoms with van der Waals surface area (Å²) in [4.78, 5) is 4.78. The lowest BCUT2D eigenvalue weighted by Gasteiger charge is -2.18. The number of aryl methyl sites for hydroxylation is 2. The first-order valence-corrected chi connectivity index (χ1v) is 7.42. The monoisotopic (exact) mass is 294 g/mol. The van der Waals surface area contributed by atoms with Gasteiger partial charge >= 0.3 is 0 Å². The summed E-state index contributed by atoms with van der Waals surface area (Å²) in [5.74, 6) is 1.42. The molecule has 0 spiro atoms. The molecule has 0 radical (unpaired) electrons. The van der Waals surface area contributed by atoms with E-state index < -0.39 is 0 Å². The molecule has 4 nitrogen and oxygen atoms in total. The van der Waals surface area contributed by atoms with Gasteiger partial charge in [-0.1, -0.05) is 0 Å². The summed E-state index contributed by atoms with van der Waals surface area (Å²) in [6.45, 7) is 0. The molecule has 0 N–H and O–H groups in total. The van der Waals surface area contributed by atoms with Gasteiger partial charge in [-0.25, -0.2) is 0 Å². The van der Waals surface area contributed by atoms with Crippen molar-refractivity contribution in [3.63, 3.8) is 0 Å². The number of aromatic nitrogens is 1. The molecule has 0 bridgehead atoms. The standard InChI is InChI=1S/C18H18N2O2/c1-21-14-7-8-17(22-2)15(10-14)18-13(11-19)9-12-5-3-4-6-16(12)20-18/h7-10H,3-6H2,1-2H3. The second-order valence-corrected chi connectivity index (χ2v) is 5.38. The highest BCUT2D eigenvalue weighted by Crippen LogP contribution is 2.35. The number of methoxy groups -OCH3 is 2. The van der Waals surface area contributed by atoms with Crippen LogP contribution in [-0.2, 0) is 12.8 Å². The van der Waals surface area contributed by atoms with Crippen molar-refractivity contribution in [3.8, 4) is 28.8 Å².